The first kappa shape index (κ1) is 32.8. The van der Waals surface area contributed by atoms with E-state index in [1.807, 2.05) is 67.6 Å². The van der Waals surface area contributed by atoms with Gasteiger partial charge in [0.25, 0.3) is 5.56 Å². The summed E-state index contributed by atoms with van der Waals surface area (Å²) in [7, 11) is 1.56. The van der Waals surface area contributed by atoms with Crippen molar-refractivity contribution in [2.24, 2.45) is 4.99 Å². The molecule has 8 nitrogen and oxygen atoms in total. The molecule has 0 radical (unpaired) electrons. The summed E-state index contributed by atoms with van der Waals surface area (Å²) < 4.78 is 25.4. The molecule has 238 valence electrons. The fraction of sp³-hybridized carbons (Fsp3) is 0.250. The lowest BCUT2D eigenvalue weighted by molar-refractivity contribution is -0.139. The molecule has 0 amide bonds. The number of halogens is 1. The molecule has 0 unspecified atom stereocenters. The Kier molecular flexibility index (Phi) is 10.4. The predicted molar refractivity (Wildman–Crippen MR) is 181 cm³/mol. The summed E-state index contributed by atoms with van der Waals surface area (Å²) in [5, 5.41) is 0.655. The van der Waals surface area contributed by atoms with Crippen LogP contribution in [-0.4, -0.2) is 30.9 Å². The van der Waals surface area contributed by atoms with Crippen molar-refractivity contribution in [2.75, 3.05) is 20.3 Å². The molecule has 10 heteroatoms. The maximum atomic E-state index is 14.2. The third-order valence-electron chi connectivity index (χ3n) is 7.36. The molecule has 0 fully saturated rings. The highest BCUT2D eigenvalue weighted by atomic mass is 35.5. The van der Waals surface area contributed by atoms with E-state index < -0.39 is 12.0 Å². The number of methoxy groups -OCH3 is 1. The van der Waals surface area contributed by atoms with Crippen LogP contribution in [0.3, 0.4) is 0 Å². The van der Waals surface area contributed by atoms with E-state index in [1.165, 1.54) is 11.3 Å². The van der Waals surface area contributed by atoms with Gasteiger partial charge in [0.15, 0.2) is 16.3 Å². The zero-order chi connectivity index (χ0) is 32.8. The highest BCUT2D eigenvalue weighted by Crippen LogP contribution is 2.37. The van der Waals surface area contributed by atoms with E-state index in [1.54, 1.807) is 37.7 Å². The topological polar surface area (TPSA) is 88.4 Å². The van der Waals surface area contributed by atoms with Crippen LogP contribution in [-0.2, 0) is 22.6 Å². The van der Waals surface area contributed by atoms with Crippen molar-refractivity contribution in [2.45, 2.75) is 39.8 Å². The van der Waals surface area contributed by atoms with Crippen molar-refractivity contribution < 1.29 is 23.7 Å². The van der Waals surface area contributed by atoms with Crippen LogP contribution in [0.2, 0.25) is 5.02 Å². The number of nitrogens with zero attached hydrogens (tertiary/aromatic N) is 2. The average molecular weight is 659 g/mol. The number of aromatic nitrogens is 1. The molecule has 0 bridgehead atoms. The number of esters is 1. The van der Waals surface area contributed by atoms with Crippen LogP contribution in [0.5, 0.6) is 17.2 Å². The summed E-state index contributed by atoms with van der Waals surface area (Å²) in [6.45, 7) is 10.3. The molecular weight excluding hydrogens is 624 g/mol. The number of benzene rings is 3. The minimum absolute atomic E-state index is 0.188. The first-order valence-electron chi connectivity index (χ1n) is 14.9. The van der Waals surface area contributed by atoms with Crippen molar-refractivity contribution >= 4 is 35.0 Å². The molecule has 4 aromatic rings. The maximum absolute atomic E-state index is 14.2. The van der Waals surface area contributed by atoms with E-state index in [9.17, 15) is 9.59 Å². The Morgan fingerprint density at radius 2 is 1.83 bits per heavy atom. The van der Waals surface area contributed by atoms with Gasteiger partial charge in [-0.25, -0.2) is 9.79 Å². The second-order valence-electron chi connectivity index (χ2n) is 10.4. The van der Waals surface area contributed by atoms with Crippen molar-refractivity contribution in [1.82, 2.24) is 4.57 Å². The quantitative estimate of drug-likeness (QED) is 0.134. The molecule has 0 saturated heterocycles. The van der Waals surface area contributed by atoms with E-state index in [4.69, 9.17) is 30.5 Å². The molecule has 5 rings (SSSR count). The molecule has 2 heterocycles. The molecule has 0 aliphatic carbocycles. The Morgan fingerprint density at radius 1 is 1.07 bits per heavy atom. The monoisotopic (exact) mass is 658 g/mol. The third kappa shape index (κ3) is 6.80. The second-order valence-corrected chi connectivity index (χ2v) is 11.8. The average Bonchev–Trinajstić information content (AvgIpc) is 3.34. The molecule has 1 aromatic heterocycles. The largest absolute Gasteiger partial charge is 0.496 e. The first-order valence-corrected chi connectivity index (χ1v) is 16.1. The van der Waals surface area contributed by atoms with Crippen molar-refractivity contribution in [3.63, 3.8) is 0 Å². The standard InChI is InChI=1S/C36H35ClN2O6S/c1-6-11-25-18-24(19-29(43-7-2)33(25)45-21-23-14-16-26(37)17-15-23)20-30-34(40)39-32(27-12-9-10-13-28(27)42-5)31(35(41)44-8-3)22(4)38-36(39)46-30/h6,9-10,12-20,32H,1,7-8,11,21H2,2-5H3/b30-20+/t32-/m0/s1. The third-order valence-corrected chi connectivity index (χ3v) is 8.60. The normalized spacial score (nSPS) is 14.4. The predicted octanol–water partition coefficient (Wildman–Crippen LogP) is 6.17. The Bertz CT molecular complexity index is 1980. The number of hydrogen-bond donors (Lipinski definition) is 0. The van der Waals surface area contributed by atoms with Gasteiger partial charge in [-0.3, -0.25) is 9.36 Å². The summed E-state index contributed by atoms with van der Waals surface area (Å²) in [4.78, 5) is 32.6. The van der Waals surface area contributed by atoms with Crippen LogP contribution >= 0.6 is 22.9 Å². The number of allylic oxidation sites excluding steroid dienone is 2. The molecular formula is C36H35ClN2O6S. The molecule has 1 aliphatic heterocycles. The van der Waals surface area contributed by atoms with Gasteiger partial charge in [-0.05, 0) is 74.7 Å². The van der Waals surface area contributed by atoms with Crippen LogP contribution < -0.4 is 29.1 Å². The highest BCUT2D eigenvalue weighted by molar-refractivity contribution is 7.07. The van der Waals surface area contributed by atoms with Crippen LogP contribution in [0, 0.1) is 0 Å². The van der Waals surface area contributed by atoms with Crippen molar-refractivity contribution in [3.8, 4) is 17.2 Å². The van der Waals surface area contributed by atoms with Gasteiger partial charge in [-0.1, -0.05) is 59.3 Å². The number of hydrogen-bond acceptors (Lipinski definition) is 8. The summed E-state index contributed by atoms with van der Waals surface area (Å²) in [5.41, 5.74) is 3.71. The van der Waals surface area contributed by atoms with Crippen LogP contribution in [0.1, 0.15) is 49.1 Å². The Labute approximate surface area is 276 Å². The summed E-state index contributed by atoms with van der Waals surface area (Å²) >= 11 is 7.30. The maximum Gasteiger partial charge on any atom is 0.338 e. The number of rotatable bonds is 12. The van der Waals surface area contributed by atoms with Gasteiger partial charge >= 0.3 is 5.97 Å². The van der Waals surface area contributed by atoms with Crippen molar-refractivity contribution in [1.29, 1.82) is 0 Å². The molecule has 46 heavy (non-hydrogen) atoms. The zero-order valence-electron chi connectivity index (χ0n) is 26.2. The van der Waals surface area contributed by atoms with Gasteiger partial charge in [-0.15, -0.1) is 6.58 Å². The summed E-state index contributed by atoms with van der Waals surface area (Å²) in [5.74, 6) is 1.19. The minimum Gasteiger partial charge on any atom is -0.496 e. The van der Waals surface area contributed by atoms with Crippen molar-refractivity contribution in [3.05, 3.63) is 132 Å². The van der Waals surface area contributed by atoms with Gasteiger partial charge in [0, 0.05) is 16.1 Å². The van der Waals surface area contributed by atoms with Gasteiger partial charge in [0.1, 0.15) is 18.4 Å². The number of ether oxygens (including phenoxy) is 4. The van der Waals surface area contributed by atoms with E-state index >= 15 is 0 Å². The molecule has 0 saturated carbocycles. The Hall–Kier alpha value is -4.60. The molecule has 1 atom stereocenters. The smallest absolute Gasteiger partial charge is 0.338 e. The SMILES string of the molecule is C=CCc1cc(/C=c2/sc3n(c2=O)[C@@H](c2ccccc2OC)C(C(=O)OCC)=C(C)N=3)cc(OCC)c1OCc1ccc(Cl)cc1. The summed E-state index contributed by atoms with van der Waals surface area (Å²) in [6.07, 6.45) is 4.13. The fourth-order valence-corrected chi connectivity index (χ4v) is 6.54. The molecule has 0 spiro atoms. The van der Waals surface area contributed by atoms with Gasteiger partial charge in [0.2, 0.25) is 0 Å². The minimum atomic E-state index is -0.785. The first-order chi connectivity index (χ1) is 22.3. The fourth-order valence-electron chi connectivity index (χ4n) is 5.37. The van der Waals surface area contributed by atoms with Crippen LogP contribution in [0.4, 0.5) is 0 Å². The van der Waals surface area contributed by atoms with Gasteiger partial charge in [-0.2, -0.15) is 0 Å². The highest BCUT2D eigenvalue weighted by Gasteiger charge is 2.35. The van der Waals surface area contributed by atoms with E-state index in [0.29, 0.717) is 68.1 Å². The van der Waals surface area contributed by atoms with Crippen LogP contribution in [0.15, 0.2) is 94.4 Å². The van der Waals surface area contributed by atoms with E-state index in [2.05, 4.69) is 11.6 Å². The van der Waals surface area contributed by atoms with Gasteiger partial charge < -0.3 is 18.9 Å². The van der Waals surface area contributed by atoms with E-state index in [-0.39, 0.29) is 12.2 Å². The van der Waals surface area contributed by atoms with Gasteiger partial charge in [0.05, 0.1) is 36.1 Å². The summed E-state index contributed by atoms with van der Waals surface area (Å²) in [6, 6.07) is 17.8. The zero-order valence-corrected chi connectivity index (χ0v) is 27.7. The Balaban J connectivity index is 1.64. The number of fused-ring (bicyclic) bond motifs is 1. The number of thiazole rings is 1. The number of carbonyl (C=O) groups excluding carboxylic acids is 1. The molecule has 1 aliphatic rings. The van der Waals surface area contributed by atoms with E-state index in [0.717, 1.165) is 16.7 Å². The van der Waals surface area contributed by atoms with Crippen LogP contribution in [0.25, 0.3) is 6.08 Å². The Morgan fingerprint density at radius 3 is 2.52 bits per heavy atom. The lowest BCUT2D eigenvalue weighted by Crippen LogP contribution is -2.40. The molecule has 0 N–H and O–H groups in total. The number of carbonyl (C=O) groups is 1. The second kappa shape index (κ2) is 14.7. The molecule has 3 aromatic carbocycles. The number of para-hydroxylation sites is 1. The lowest BCUT2D eigenvalue weighted by atomic mass is 9.95. The lowest BCUT2D eigenvalue weighted by Gasteiger charge is -2.25.